The molecule has 0 unspecified atom stereocenters. The molecule has 0 spiro atoms. The number of ether oxygens (including phenoxy) is 1. The molecule has 2 aromatic carbocycles. The minimum atomic E-state index is -3.77. The van der Waals surface area contributed by atoms with Crippen molar-refractivity contribution in [3.8, 4) is 5.75 Å². The zero-order valence-electron chi connectivity index (χ0n) is 17.2. The minimum absolute atomic E-state index is 0.138. The SMILES string of the molecule is O=C(CCc1cccc(OCc2ccccc2)c1)[C@@H]1C=CCN1S(=O)(=O)c1ccc(Cl)s1. The number of Topliss-reactive ketones (excluding diaryl/α,β-unsaturated/α-hetero) is 1. The Hall–Kier alpha value is -2.45. The molecule has 8 heteroatoms. The van der Waals surface area contributed by atoms with E-state index in [1.807, 2.05) is 54.6 Å². The Balaban J connectivity index is 1.37. The summed E-state index contributed by atoms with van der Waals surface area (Å²) in [7, 11) is -3.77. The second kappa shape index (κ2) is 10.0. The number of hydrogen-bond donors (Lipinski definition) is 0. The highest BCUT2D eigenvalue weighted by molar-refractivity contribution is 7.91. The number of nitrogens with zero attached hydrogens (tertiary/aromatic N) is 1. The van der Waals surface area contributed by atoms with Gasteiger partial charge in [-0.3, -0.25) is 4.79 Å². The highest BCUT2D eigenvalue weighted by atomic mass is 35.5. The summed E-state index contributed by atoms with van der Waals surface area (Å²) in [5, 5.41) is 0. The van der Waals surface area contributed by atoms with Gasteiger partial charge in [-0.05, 0) is 41.8 Å². The van der Waals surface area contributed by atoms with Gasteiger partial charge in [0, 0.05) is 13.0 Å². The first-order valence-corrected chi connectivity index (χ1v) is 12.8. The summed E-state index contributed by atoms with van der Waals surface area (Å²) in [6.45, 7) is 0.646. The van der Waals surface area contributed by atoms with Crippen LogP contribution < -0.4 is 4.74 Å². The lowest BCUT2D eigenvalue weighted by Gasteiger charge is -2.22. The summed E-state index contributed by atoms with van der Waals surface area (Å²) in [4.78, 5) is 12.9. The molecule has 0 saturated carbocycles. The quantitative estimate of drug-likeness (QED) is 0.393. The lowest BCUT2D eigenvalue weighted by Crippen LogP contribution is -2.40. The van der Waals surface area contributed by atoms with E-state index in [1.54, 1.807) is 18.2 Å². The molecule has 0 radical (unpaired) electrons. The van der Waals surface area contributed by atoms with E-state index in [2.05, 4.69) is 0 Å². The monoisotopic (exact) mass is 487 g/mol. The van der Waals surface area contributed by atoms with Gasteiger partial charge in [0.25, 0.3) is 10.0 Å². The van der Waals surface area contributed by atoms with Crippen molar-refractivity contribution in [3.63, 3.8) is 0 Å². The molecule has 0 amide bonds. The molecule has 0 fully saturated rings. The van der Waals surface area contributed by atoms with Gasteiger partial charge < -0.3 is 4.74 Å². The summed E-state index contributed by atoms with van der Waals surface area (Å²) < 4.78 is 33.5. The van der Waals surface area contributed by atoms with E-state index in [4.69, 9.17) is 16.3 Å². The molecule has 0 aliphatic carbocycles. The summed E-state index contributed by atoms with van der Waals surface area (Å²) in [5.41, 5.74) is 2.04. The van der Waals surface area contributed by atoms with Gasteiger partial charge in [0.15, 0.2) is 5.78 Å². The highest BCUT2D eigenvalue weighted by Gasteiger charge is 2.36. The highest BCUT2D eigenvalue weighted by Crippen LogP contribution is 2.31. The fourth-order valence-electron chi connectivity index (χ4n) is 3.52. The van der Waals surface area contributed by atoms with Gasteiger partial charge in [0.1, 0.15) is 22.6 Å². The molecule has 1 atom stereocenters. The maximum atomic E-state index is 12.9. The van der Waals surface area contributed by atoms with Gasteiger partial charge in [-0.2, -0.15) is 4.31 Å². The van der Waals surface area contributed by atoms with Gasteiger partial charge >= 0.3 is 0 Å². The molecule has 4 rings (SSSR count). The maximum absolute atomic E-state index is 12.9. The molecule has 1 aliphatic heterocycles. The average Bonchev–Trinajstić information content (AvgIpc) is 3.47. The normalized spacial score (nSPS) is 16.3. The third-order valence-electron chi connectivity index (χ3n) is 5.16. The summed E-state index contributed by atoms with van der Waals surface area (Å²) in [6, 6.07) is 19.8. The molecule has 166 valence electrons. The molecule has 3 aromatic rings. The van der Waals surface area contributed by atoms with E-state index in [9.17, 15) is 13.2 Å². The number of sulfonamides is 1. The van der Waals surface area contributed by atoms with Crippen molar-refractivity contribution < 1.29 is 17.9 Å². The molecule has 1 aromatic heterocycles. The number of ketones is 1. The summed E-state index contributed by atoms with van der Waals surface area (Å²) in [6.07, 6.45) is 4.11. The number of thiophene rings is 1. The van der Waals surface area contributed by atoms with Gasteiger partial charge in [-0.25, -0.2) is 8.42 Å². The fourth-order valence-corrected chi connectivity index (χ4v) is 6.65. The Morgan fingerprint density at radius 2 is 1.84 bits per heavy atom. The number of halogens is 1. The Morgan fingerprint density at radius 3 is 2.59 bits per heavy atom. The molecule has 0 saturated heterocycles. The van der Waals surface area contributed by atoms with E-state index in [-0.39, 0.29) is 23.0 Å². The van der Waals surface area contributed by atoms with Crippen LogP contribution in [0.1, 0.15) is 17.5 Å². The lowest BCUT2D eigenvalue weighted by atomic mass is 10.0. The summed E-state index contributed by atoms with van der Waals surface area (Å²) >= 11 is 6.90. The number of benzene rings is 2. The van der Waals surface area contributed by atoms with E-state index >= 15 is 0 Å². The Kier molecular flexibility index (Phi) is 7.10. The first kappa shape index (κ1) is 22.7. The van der Waals surface area contributed by atoms with Crippen LogP contribution >= 0.6 is 22.9 Å². The van der Waals surface area contributed by atoms with E-state index in [0.29, 0.717) is 17.4 Å². The van der Waals surface area contributed by atoms with Crippen LogP contribution in [0.4, 0.5) is 0 Å². The van der Waals surface area contributed by atoms with Crippen molar-refractivity contribution in [3.05, 3.63) is 94.3 Å². The Labute approximate surface area is 197 Å². The van der Waals surface area contributed by atoms with Crippen LogP contribution in [-0.4, -0.2) is 31.1 Å². The number of carbonyl (C=O) groups is 1. The maximum Gasteiger partial charge on any atom is 0.253 e. The fraction of sp³-hybridized carbons (Fsp3) is 0.208. The smallest absolute Gasteiger partial charge is 0.253 e. The number of carbonyl (C=O) groups excluding carboxylic acids is 1. The van der Waals surface area contributed by atoms with Crippen LogP contribution in [-0.2, 0) is 27.8 Å². The largest absolute Gasteiger partial charge is 0.489 e. The summed E-state index contributed by atoms with van der Waals surface area (Å²) in [5.74, 6) is 0.596. The third-order valence-corrected chi connectivity index (χ3v) is 8.71. The van der Waals surface area contributed by atoms with Gasteiger partial charge in [0.2, 0.25) is 0 Å². The molecule has 1 aliphatic rings. The van der Waals surface area contributed by atoms with Crippen molar-refractivity contribution in [2.45, 2.75) is 29.7 Å². The molecule has 2 heterocycles. The Morgan fingerprint density at radius 1 is 1.06 bits per heavy atom. The van der Waals surface area contributed by atoms with Crippen molar-refractivity contribution >= 4 is 38.7 Å². The molecule has 32 heavy (non-hydrogen) atoms. The average molecular weight is 488 g/mol. The topological polar surface area (TPSA) is 63.7 Å². The predicted octanol–water partition coefficient (Wildman–Crippen LogP) is 5.11. The van der Waals surface area contributed by atoms with Crippen LogP contribution in [0.3, 0.4) is 0 Å². The van der Waals surface area contributed by atoms with Gasteiger partial charge in [-0.1, -0.05) is 66.2 Å². The molecular formula is C24H22ClNO4S2. The van der Waals surface area contributed by atoms with E-state index < -0.39 is 16.1 Å². The minimum Gasteiger partial charge on any atom is -0.489 e. The zero-order chi connectivity index (χ0) is 22.6. The first-order chi connectivity index (χ1) is 15.4. The number of aryl methyl sites for hydroxylation is 1. The molecule has 0 N–H and O–H groups in total. The van der Waals surface area contributed by atoms with Crippen molar-refractivity contribution in [2.24, 2.45) is 0 Å². The number of hydrogen-bond acceptors (Lipinski definition) is 5. The number of rotatable bonds is 9. The van der Waals surface area contributed by atoms with Crippen LogP contribution in [0.25, 0.3) is 0 Å². The van der Waals surface area contributed by atoms with E-state index in [0.717, 1.165) is 28.2 Å². The second-order valence-corrected chi connectivity index (χ2v) is 11.2. The predicted molar refractivity (Wildman–Crippen MR) is 127 cm³/mol. The van der Waals surface area contributed by atoms with Gasteiger partial charge in [-0.15, -0.1) is 11.3 Å². The Bertz CT molecular complexity index is 1220. The lowest BCUT2D eigenvalue weighted by molar-refractivity contribution is -0.121. The molecular weight excluding hydrogens is 466 g/mol. The van der Waals surface area contributed by atoms with Crippen molar-refractivity contribution in [1.82, 2.24) is 4.31 Å². The molecule has 0 bridgehead atoms. The van der Waals surface area contributed by atoms with Crippen LogP contribution in [0, 0.1) is 0 Å². The first-order valence-electron chi connectivity index (χ1n) is 10.2. The zero-order valence-corrected chi connectivity index (χ0v) is 19.6. The van der Waals surface area contributed by atoms with Crippen molar-refractivity contribution in [1.29, 1.82) is 0 Å². The van der Waals surface area contributed by atoms with Crippen LogP contribution in [0.5, 0.6) is 5.75 Å². The third kappa shape index (κ3) is 5.30. The van der Waals surface area contributed by atoms with Crippen LogP contribution in [0.2, 0.25) is 4.34 Å². The van der Waals surface area contributed by atoms with E-state index in [1.165, 1.54) is 10.4 Å². The van der Waals surface area contributed by atoms with Crippen molar-refractivity contribution in [2.75, 3.05) is 6.54 Å². The van der Waals surface area contributed by atoms with Gasteiger partial charge in [0.05, 0.1) is 4.34 Å². The molecule has 5 nitrogen and oxygen atoms in total. The van der Waals surface area contributed by atoms with Crippen LogP contribution in [0.15, 0.2) is 83.1 Å². The second-order valence-electron chi connectivity index (χ2n) is 7.39. The standard InChI is InChI=1S/C24H22ClNO4S2/c25-23-13-14-24(31-23)32(28,29)26-15-5-10-21(26)22(27)12-11-18-8-4-9-20(16-18)30-17-19-6-2-1-3-7-19/h1-10,13-14,16,21H,11-12,15,17H2/t21-/m0/s1.